The van der Waals surface area contributed by atoms with Gasteiger partial charge >= 0.3 is 0 Å². The van der Waals surface area contributed by atoms with E-state index in [4.69, 9.17) is 27.9 Å². The van der Waals surface area contributed by atoms with Crippen molar-refractivity contribution < 1.29 is 4.74 Å². The molecule has 1 aromatic heterocycles. The molecule has 0 amide bonds. The molecule has 1 aromatic rings. The Morgan fingerprint density at radius 3 is 2.73 bits per heavy atom. The molecule has 1 rings (SSSR count). The number of methoxy groups -OCH3 is 1. The van der Waals surface area contributed by atoms with Gasteiger partial charge in [0.2, 0.25) is 5.88 Å². The number of hydrogen-bond donors (Lipinski definition) is 0. The SMILES string of the molecule is COc1ncccc1C(Cl)Cl. The molecule has 0 spiro atoms. The number of nitrogens with zero attached hydrogens (tertiary/aromatic N) is 1. The smallest absolute Gasteiger partial charge is 0.218 e. The maximum Gasteiger partial charge on any atom is 0.218 e. The van der Waals surface area contributed by atoms with Crippen molar-refractivity contribution in [1.29, 1.82) is 0 Å². The molecule has 0 unspecified atom stereocenters. The van der Waals surface area contributed by atoms with Gasteiger partial charge in [0.15, 0.2) is 0 Å². The van der Waals surface area contributed by atoms with E-state index in [0.717, 1.165) is 0 Å². The van der Waals surface area contributed by atoms with Gasteiger partial charge in [-0.05, 0) is 12.1 Å². The van der Waals surface area contributed by atoms with E-state index in [-0.39, 0.29) is 0 Å². The number of halogens is 2. The standard InChI is InChI=1S/C7H7Cl2NO/c1-11-7-5(6(8)9)3-2-4-10-7/h2-4,6H,1H3. The highest BCUT2D eigenvalue weighted by molar-refractivity contribution is 6.44. The average molecular weight is 192 g/mol. The number of rotatable bonds is 2. The van der Waals surface area contributed by atoms with Gasteiger partial charge in [-0.3, -0.25) is 0 Å². The molecular weight excluding hydrogens is 185 g/mol. The Kier molecular flexibility index (Phi) is 2.97. The summed E-state index contributed by atoms with van der Waals surface area (Å²) in [7, 11) is 1.53. The molecule has 11 heavy (non-hydrogen) atoms. The van der Waals surface area contributed by atoms with Crippen LogP contribution in [-0.4, -0.2) is 12.1 Å². The van der Waals surface area contributed by atoms with E-state index >= 15 is 0 Å². The first-order chi connectivity index (χ1) is 5.25. The zero-order valence-electron chi connectivity index (χ0n) is 5.92. The largest absolute Gasteiger partial charge is 0.481 e. The summed E-state index contributed by atoms with van der Waals surface area (Å²) in [6.45, 7) is 0. The van der Waals surface area contributed by atoms with Crippen LogP contribution in [0.15, 0.2) is 18.3 Å². The fourth-order valence-electron chi connectivity index (χ4n) is 0.740. The fourth-order valence-corrected chi connectivity index (χ4v) is 1.07. The summed E-state index contributed by atoms with van der Waals surface area (Å²) in [6, 6.07) is 3.53. The number of alkyl halides is 2. The Hall–Kier alpha value is -0.470. The van der Waals surface area contributed by atoms with Crippen molar-refractivity contribution in [1.82, 2.24) is 4.98 Å². The number of pyridine rings is 1. The summed E-state index contributed by atoms with van der Waals surface area (Å²) >= 11 is 11.3. The summed E-state index contributed by atoms with van der Waals surface area (Å²) in [5, 5.41) is 0. The maximum atomic E-state index is 5.63. The Labute approximate surface area is 75.1 Å². The van der Waals surface area contributed by atoms with Crippen molar-refractivity contribution >= 4 is 23.2 Å². The second-order valence-electron chi connectivity index (χ2n) is 1.90. The average Bonchev–Trinajstić information content (AvgIpc) is 2.04. The lowest BCUT2D eigenvalue weighted by molar-refractivity contribution is 0.394. The van der Waals surface area contributed by atoms with Crippen LogP contribution in [0, 0.1) is 0 Å². The normalized spacial score (nSPS) is 10.2. The topological polar surface area (TPSA) is 22.1 Å². The predicted octanol–water partition coefficient (Wildman–Crippen LogP) is 2.57. The van der Waals surface area contributed by atoms with Crippen molar-refractivity contribution in [3.63, 3.8) is 0 Å². The molecule has 0 N–H and O–H groups in total. The quantitative estimate of drug-likeness (QED) is 0.671. The Bertz CT molecular complexity index is 240. The summed E-state index contributed by atoms with van der Waals surface area (Å²) < 4.78 is 4.93. The van der Waals surface area contributed by atoms with Gasteiger partial charge in [-0.25, -0.2) is 4.98 Å². The van der Waals surface area contributed by atoms with E-state index in [9.17, 15) is 0 Å². The van der Waals surface area contributed by atoms with Crippen LogP contribution in [0.4, 0.5) is 0 Å². The van der Waals surface area contributed by atoms with E-state index in [1.807, 2.05) is 0 Å². The lowest BCUT2D eigenvalue weighted by Gasteiger charge is -2.05. The highest BCUT2D eigenvalue weighted by Gasteiger charge is 2.09. The van der Waals surface area contributed by atoms with E-state index < -0.39 is 4.84 Å². The molecule has 0 fully saturated rings. The third-order valence-corrected chi connectivity index (χ3v) is 1.70. The molecule has 2 nitrogen and oxygen atoms in total. The molecule has 0 aliphatic carbocycles. The summed E-state index contributed by atoms with van der Waals surface area (Å²) in [6.07, 6.45) is 1.62. The first kappa shape index (κ1) is 8.62. The summed E-state index contributed by atoms with van der Waals surface area (Å²) in [5.41, 5.74) is 0.693. The molecule has 4 heteroatoms. The Morgan fingerprint density at radius 1 is 1.55 bits per heavy atom. The van der Waals surface area contributed by atoms with Crippen LogP contribution in [0.1, 0.15) is 10.4 Å². The molecule has 60 valence electrons. The molecule has 0 bridgehead atoms. The first-order valence-corrected chi connectivity index (χ1v) is 3.90. The van der Waals surface area contributed by atoms with Gasteiger partial charge in [0.1, 0.15) is 4.84 Å². The number of aromatic nitrogens is 1. The highest BCUT2D eigenvalue weighted by atomic mass is 35.5. The summed E-state index contributed by atoms with van der Waals surface area (Å²) in [5.74, 6) is 0.475. The van der Waals surface area contributed by atoms with Gasteiger partial charge in [0, 0.05) is 11.8 Å². The molecule has 1 heterocycles. The van der Waals surface area contributed by atoms with Crippen molar-refractivity contribution in [3.05, 3.63) is 23.9 Å². The van der Waals surface area contributed by atoms with Gasteiger partial charge in [0.05, 0.1) is 7.11 Å². The second-order valence-corrected chi connectivity index (χ2v) is 3.00. The first-order valence-electron chi connectivity index (χ1n) is 3.02. The van der Waals surface area contributed by atoms with Gasteiger partial charge in [-0.2, -0.15) is 0 Å². The molecule has 0 aliphatic heterocycles. The minimum Gasteiger partial charge on any atom is -0.481 e. The van der Waals surface area contributed by atoms with Gasteiger partial charge in [-0.1, -0.05) is 23.2 Å². The van der Waals surface area contributed by atoms with Crippen molar-refractivity contribution in [2.75, 3.05) is 7.11 Å². The van der Waals surface area contributed by atoms with E-state index in [1.54, 1.807) is 18.3 Å². The molecular formula is C7H7Cl2NO. The maximum absolute atomic E-state index is 5.63. The van der Waals surface area contributed by atoms with Crippen molar-refractivity contribution in [2.24, 2.45) is 0 Å². The monoisotopic (exact) mass is 191 g/mol. The molecule has 0 radical (unpaired) electrons. The zero-order valence-corrected chi connectivity index (χ0v) is 7.43. The van der Waals surface area contributed by atoms with E-state index in [0.29, 0.717) is 11.4 Å². The fraction of sp³-hybridized carbons (Fsp3) is 0.286. The summed E-state index contributed by atoms with van der Waals surface area (Å²) in [4.78, 5) is 3.34. The third-order valence-electron chi connectivity index (χ3n) is 1.23. The van der Waals surface area contributed by atoms with E-state index in [1.165, 1.54) is 7.11 Å². The van der Waals surface area contributed by atoms with Crippen LogP contribution in [0.25, 0.3) is 0 Å². The van der Waals surface area contributed by atoms with Crippen LogP contribution in [-0.2, 0) is 0 Å². The zero-order chi connectivity index (χ0) is 8.27. The molecule has 0 saturated heterocycles. The Morgan fingerprint density at radius 2 is 2.27 bits per heavy atom. The van der Waals surface area contributed by atoms with E-state index in [2.05, 4.69) is 4.98 Å². The van der Waals surface area contributed by atoms with Crippen LogP contribution in [0.3, 0.4) is 0 Å². The number of ether oxygens (including phenoxy) is 1. The minimum atomic E-state index is -0.585. The van der Waals surface area contributed by atoms with Crippen LogP contribution in [0.2, 0.25) is 0 Å². The van der Waals surface area contributed by atoms with Gasteiger partial charge in [0.25, 0.3) is 0 Å². The number of hydrogen-bond acceptors (Lipinski definition) is 2. The molecule has 0 saturated carbocycles. The van der Waals surface area contributed by atoms with Gasteiger partial charge in [-0.15, -0.1) is 0 Å². The van der Waals surface area contributed by atoms with Crippen LogP contribution in [0.5, 0.6) is 5.88 Å². The third kappa shape index (κ3) is 1.98. The lowest BCUT2D eigenvalue weighted by Crippen LogP contribution is -1.93. The lowest BCUT2D eigenvalue weighted by atomic mass is 10.3. The Balaban J connectivity index is 3.02. The molecule has 0 atom stereocenters. The predicted molar refractivity (Wildman–Crippen MR) is 45.2 cm³/mol. The second kappa shape index (κ2) is 3.79. The van der Waals surface area contributed by atoms with Crippen LogP contribution >= 0.6 is 23.2 Å². The van der Waals surface area contributed by atoms with Crippen molar-refractivity contribution in [3.8, 4) is 5.88 Å². The molecule has 0 aliphatic rings. The van der Waals surface area contributed by atoms with Crippen molar-refractivity contribution in [2.45, 2.75) is 4.84 Å². The highest BCUT2D eigenvalue weighted by Crippen LogP contribution is 2.30. The minimum absolute atomic E-state index is 0.475. The van der Waals surface area contributed by atoms with Gasteiger partial charge < -0.3 is 4.74 Å². The van der Waals surface area contributed by atoms with Crippen LogP contribution < -0.4 is 4.74 Å². The molecule has 0 aromatic carbocycles.